The minimum Gasteiger partial charge on any atom is -0.494 e. The molecule has 0 radical (unpaired) electrons. The Morgan fingerprint density at radius 2 is 2.22 bits per heavy atom. The molecule has 94 valence electrons. The van der Waals surface area contributed by atoms with Crippen molar-refractivity contribution < 1.29 is 4.74 Å². The minimum absolute atomic E-state index is 0.665. The maximum atomic E-state index is 5.49. The van der Waals surface area contributed by atoms with Crippen LogP contribution in [0.4, 0.5) is 0 Å². The van der Waals surface area contributed by atoms with Gasteiger partial charge in [0.25, 0.3) is 0 Å². The summed E-state index contributed by atoms with van der Waals surface area (Å²) in [6.07, 6.45) is 1.85. The molecule has 1 aromatic heterocycles. The lowest BCUT2D eigenvalue weighted by atomic mass is 10.2. The Labute approximate surface area is 111 Å². The summed E-state index contributed by atoms with van der Waals surface area (Å²) in [4.78, 5) is 9.01. The Morgan fingerprint density at radius 3 is 2.94 bits per heavy atom. The smallest absolute Gasteiger partial charge is 0.188 e. The number of thioether (sulfide) groups is 1. The van der Waals surface area contributed by atoms with Gasteiger partial charge in [-0.1, -0.05) is 17.8 Å². The molecule has 4 heteroatoms. The number of hydrogen-bond acceptors (Lipinski definition) is 4. The molecule has 0 aliphatic rings. The van der Waals surface area contributed by atoms with Gasteiger partial charge in [-0.05, 0) is 32.0 Å². The molecule has 0 aliphatic carbocycles. The van der Waals surface area contributed by atoms with Crippen molar-refractivity contribution in [3.05, 3.63) is 36.5 Å². The van der Waals surface area contributed by atoms with Gasteiger partial charge in [0.05, 0.1) is 12.1 Å². The summed E-state index contributed by atoms with van der Waals surface area (Å²) in [5.74, 6) is 1.69. The number of benzene rings is 1. The lowest BCUT2D eigenvalue weighted by Gasteiger charge is -2.07. The predicted octanol–water partition coefficient (Wildman–Crippen LogP) is 3.62. The Balaban J connectivity index is 2.41. The zero-order valence-electron chi connectivity index (χ0n) is 10.6. The van der Waals surface area contributed by atoms with Gasteiger partial charge in [-0.15, -0.1) is 6.58 Å². The molecule has 0 saturated carbocycles. The average Bonchev–Trinajstić information content (AvgIpc) is 2.37. The highest BCUT2D eigenvalue weighted by Gasteiger charge is 2.06. The van der Waals surface area contributed by atoms with Gasteiger partial charge in [0.2, 0.25) is 0 Å². The summed E-state index contributed by atoms with van der Waals surface area (Å²) in [6, 6.07) is 5.92. The second-order valence-corrected chi connectivity index (χ2v) is 4.79. The Morgan fingerprint density at radius 1 is 1.39 bits per heavy atom. The SMILES string of the molecule is C=CCSc1nc(C)c2cc(OCC)ccc2n1. The summed E-state index contributed by atoms with van der Waals surface area (Å²) >= 11 is 1.59. The summed E-state index contributed by atoms with van der Waals surface area (Å²) in [5.41, 5.74) is 1.94. The molecule has 0 spiro atoms. The van der Waals surface area contributed by atoms with Crippen LogP contribution in [0.5, 0.6) is 5.75 Å². The van der Waals surface area contributed by atoms with Gasteiger partial charge in [-0.3, -0.25) is 0 Å². The van der Waals surface area contributed by atoms with E-state index in [-0.39, 0.29) is 0 Å². The minimum atomic E-state index is 0.665. The molecule has 3 nitrogen and oxygen atoms in total. The highest BCUT2D eigenvalue weighted by molar-refractivity contribution is 7.99. The fourth-order valence-corrected chi connectivity index (χ4v) is 2.32. The van der Waals surface area contributed by atoms with Gasteiger partial charge in [-0.25, -0.2) is 9.97 Å². The van der Waals surface area contributed by atoms with Crippen LogP contribution < -0.4 is 4.74 Å². The number of fused-ring (bicyclic) bond motifs is 1. The Bertz CT molecular complexity index is 569. The third kappa shape index (κ3) is 2.82. The molecule has 0 aliphatic heterocycles. The van der Waals surface area contributed by atoms with Crippen molar-refractivity contribution in [2.75, 3.05) is 12.4 Å². The first kappa shape index (κ1) is 12.9. The van der Waals surface area contributed by atoms with Crippen molar-refractivity contribution in [3.63, 3.8) is 0 Å². The number of hydrogen-bond donors (Lipinski definition) is 0. The summed E-state index contributed by atoms with van der Waals surface area (Å²) in [5, 5.41) is 1.84. The number of ether oxygens (including phenoxy) is 1. The van der Waals surface area contributed by atoms with Crippen LogP contribution in [-0.2, 0) is 0 Å². The average molecular weight is 260 g/mol. The first-order valence-electron chi connectivity index (χ1n) is 5.89. The van der Waals surface area contributed by atoms with Gasteiger partial charge in [-0.2, -0.15) is 0 Å². The van der Waals surface area contributed by atoms with Gasteiger partial charge in [0.15, 0.2) is 5.16 Å². The number of rotatable bonds is 5. The predicted molar refractivity (Wildman–Crippen MR) is 76.4 cm³/mol. The highest BCUT2D eigenvalue weighted by atomic mass is 32.2. The van der Waals surface area contributed by atoms with Gasteiger partial charge >= 0.3 is 0 Å². The molecule has 1 aromatic carbocycles. The molecule has 0 saturated heterocycles. The summed E-state index contributed by atoms with van der Waals surface area (Å²) < 4.78 is 5.49. The molecule has 0 amide bonds. The van der Waals surface area contributed by atoms with Crippen LogP contribution in [0.3, 0.4) is 0 Å². The van der Waals surface area contributed by atoms with Crippen LogP contribution in [0.15, 0.2) is 36.0 Å². The number of aromatic nitrogens is 2. The molecule has 2 rings (SSSR count). The lowest BCUT2D eigenvalue weighted by molar-refractivity contribution is 0.340. The van der Waals surface area contributed by atoms with E-state index in [0.717, 1.165) is 33.3 Å². The lowest BCUT2D eigenvalue weighted by Crippen LogP contribution is -1.95. The van der Waals surface area contributed by atoms with E-state index in [0.29, 0.717) is 6.61 Å². The molecule has 2 aromatic rings. The first-order valence-corrected chi connectivity index (χ1v) is 6.88. The monoisotopic (exact) mass is 260 g/mol. The van der Waals surface area contributed by atoms with E-state index < -0.39 is 0 Å². The van der Waals surface area contributed by atoms with E-state index in [1.54, 1.807) is 11.8 Å². The van der Waals surface area contributed by atoms with Crippen molar-refractivity contribution in [1.82, 2.24) is 9.97 Å². The second-order valence-electron chi connectivity index (χ2n) is 3.80. The van der Waals surface area contributed by atoms with Crippen molar-refractivity contribution in [2.24, 2.45) is 0 Å². The molecular weight excluding hydrogens is 244 g/mol. The topological polar surface area (TPSA) is 35.0 Å². The summed E-state index contributed by atoms with van der Waals surface area (Å²) in [6.45, 7) is 8.34. The van der Waals surface area contributed by atoms with Crippen molar-refractivity contribution >= 4 is 22.7 Å². The second kappa shape index (κ2) is 5.87. The largest absolute Gasteiger partial charge is 0.494 e. The third-order valence-electron chi connectivity index (χ3n) is 2.48. The fraction of sp³-hybridized carbons (Fsp3) is 0.286. The number of nitrogens with zero attached hydrogens (tertiary/aromatic N) is 2. The molecule has 0 bridgehead atoms. The van der Waals surface area contributed by atoms with Crippen LogP contribution in [0.2, 0.25) is 0 Å². The van der Waals surface area contributed by atoms with E-state index >= 15 is 0 Å². The van der Waals surface area contributed by atoms with Crippen LogP contribution in [-0.4, -0.2) is 22.3 Å². The van der Waals surface area contributed by atoms with Crippen molar-refractivity contribution in [3.8, 4) is 5.75 Å². The van der Waals surface area contributed by atoms with Gasteiger partial charge in [0, 0.05) is 16.8 Å². The van der Waals surface area contributed by atoms with Crippen molar-refractivity contribution in [1.29, 1.82) is 0 Å². The molecule has 0 N–H and O–H groups in total. The normalized spacial score (nSPS) is 10.6. The molecule has 0 atom stereocenters. The zero-order chi connectivity index (χ0) is 13.0. The maximum absolute atomic E-state index is 5.49. The molecular formula is C14H16N2OS. The molecule has 0 unspecified atom stereocenters. The van der Waals surface area contributed by atoms with E-state index in [1.165, 1.54) is 0 Å². The molecule has 1 heterocycles. The molecule has 0 fully saturated rings. The van der Waals surface area contributed by atoms with Gasteiger partial charge < -0.3 is 4.74 Å². The maximum Gasteiger partial charge on any atom is 0.188 e. The first-order chi connectivity index (χ1) is 8.74. The van der Waals surface area contributed by atoms with E-state index in [4.69, 9.17) is 4.74 Å². The quantitative estimate of drug-likeness (QED) is 0.467. The number of aryl methyl sites for hydroxylation is 1. The van der Waals surface area contributed by atoms with Gasteiger partial charge in [0.1, 0.15) is 5.75 Å². The third-order valence-corrected chi connectivity index (χ3v) is 3.32. The Hall–Kier alpha value is -1.55. The Kier molecular flexibility index (Phi) is 4.20. The highest BCUT2D eigenvalue weighted by Crippen LogP contribution is 2.24. The van der Waals surface area contributed by atoms with Crippen LogP contribution in [0.1, 0.15) is 12.6 Å². The zero-order valence-corrected chi connectivity index (χ0v) is 11.5. The van der Waals surface area contributed by atoms with E-state index in [9.17, 15) is 0 Å². The summed E-state index contributed by atoms with van der Waals surface area (Å²) in [7, 11) is 0. The standard InChI is InChI=1S/C14H16N2OS/c1-4-8-18-14-15-10(3)12-9-11(17-5-2)6-7-13(12)16-14/h4,6-7,9H,1,5,8H2,2-3H3. The molecule has 18 heavy (non-hydrogen) atoms. The fourth-order valence-electron chi connectivity index (χ4n) is 1.69. The van der Waals surface area contributed by atoms with E-state index in [1.807, 2.05) is 38.1 Å². The van der Waals surface area contributed by atoms with Crippen LogP contribution in [0.25, 0.3) is 10.9 Å². The van der Waals surface area contributed by atoms with Crippen LogP contribution in [0, 0.1) is 6.92 Å². The van der Waals surface area contributed by atoms with Crippen molar-refractivity contribution in [2.45, 2.75) is 19.0 Å². The van der Waals surface area contributed by atoms with Crippen LogP contribution >= 0.6 is 11.8 Å². The van der Waals surface area contributed by atoms with E-state index in [2.05, 4.69) is 16.5 Å².